The first-order valence-electron chi connectivity index (χ1n) is 6.35. The number of nitrogens with zero attached hydrogens (tertiary/aromatic N) is 1. The van der Waals surface area contributed by atoms with Crippen LogP contribution in [0.5, 0.6) is 0 Å². The predicted molar refractivity (Wildman–Crippen MR) is 73.6 cm³/mol. The molecule has 0 aliphatic carbocycles. The number of benzene rings is 1. The Balaban J connectivity index is 2.55. The predicted octanol–water partition coefficient (Wildman–Crippen LogP) is 3.85. The number of hydrogen-bond acceptors (Lipinski definition) is 2. The first-order valence-corrected chi connectivity index (χ1v) is 6.35. The number of aryl methyl sites for hydroxylation is 1. The first kappa shape index (κ1) is 13.8. The molecule has 0 aliphatic heterocycles. The Labute approximate surface area is 105 Å². The van der Waals surface area contributed by atoms with Crippen LogP contribution in [0, 0.1) is 0 Å². The summed E-state index contributed by atoms with van der Waals surface area (Å²) in [4.78, 5) is 4.53. The molecular formula is C15H23NO. The molecule has 1 rings (SSSR count). The summed E-state index contributed by atoms with van der Waals surface area (Å²) in [7, 11) is 0. The van der Waals surface area contributed by atoms with Crippen molar-refractivity contribution >= 4 is 5.90 Å². The Kier molecular flexibility index (Phi) is 5.75. The van der Waals surface area contributed by atoms with E-state index in [4.69, 9.17) is 4.74 Å². The van der Waals surface area contributed by atoms with Gasteiger partial charge in [-0.05, 0) is 39.7 Å². The number of aliphatic imine (C=N–C) groups is 1. The molecule has 2 heteroatoms. The van der Waals surface area contributed by atoms with Crippen molar-refractivity contribution in [3.63, 3.8) is 0 Å². The van der Waals surface area contributed by atoms with E-state index < -0.39 is 0 Å². The third-order valence-corrected chi connectivity index (χ3v) is 2.24. The topological polar surface area (TPSA) is 21.6 Å². The van der Waals surface area contributed by atoms with Gasteiger partial charge < -0.3 is 4.74 Å². The number of hydrogen-bond donors (Lipinski definition) is 0. The molecular weight excluding hydrogens is 210 g/mol. The lowest BCUT2D eigenvalue weighted by molar-refractivity contribution is 0.219. The maximum absolute atomic E-state index is 5.73. The third-order valence-electron chi connectivity index (χ3n) is 2.24. The van der Waals surface area contributed by atoms with E-state index in [1.54, 1.807) is 0 Å². The molecule has 1 aromatic rings. The van der Waals surface area contributed by atoms with Crippen LogP contribution in [0.3, 0.4) is 0 Å². The normalized spacial score (nSPS) is 12.2. The van der Waals surface area contributed by atoms with E-state index >= 15 is 0 Å². The lowest BCUT2D eigenvalue weighted by Gasteiger charge is -2.13. The fraction of sp³-hybridized carbons (Fsp3) is 0.533. The van der Waals surface area contributed by atoms with Crippen LogP contribution in [0.2, 0.25) is 0 Å². The van der Waals surface area contributed by atoms with E-state index in [1.165, 1.54) is 5.56 Å². The maximum Gasteiger partial charge on any atom is 0.184 e. The molecule has 0 spiro atoms. The fourth-order valence-electron chi connectivity index (χ4n) is 1.61. The SMILES string of the molecule is CC(C)N=C(CCc1ccccc1)OC(C)C. The van der Waals surface area contributed by atoms with Gasteiger partial charge in [-0.25, -0.2) is 0 Å². The average molecular weight is 233 g/mol. The molecule has 17 heavy (non-hydrogen) atoms. The molecule has 0 N–H and O–H groups in total. The highest BCUT2D eigenvalue weighted by Gasteiger charge is 2.05. The molecule has 0 amide bonds. The van der Waals surface area contributed by atoms with Gasteiger partial charge in [0.05, 0.1) is 6.10 Å². The van der Waals surface area contributed by atoms with Crippen molar-refractivity contribution in [2.75, 3.05) is 0 Å². The molecule has 0 radical (unpaired) electrons. The summed E-state index contributed by atoms with van der Waals surface area (Å²) in [6.07, 6.45) is 2.06. The van der Waals surface area contributed by atoms with Crippen molar-refractivity contribution in [1.29, 1.82) is 0 Å². The van der Waals surface area contributed by atoms with Crippen LogP contribution in [0.4, 0.5) is 0 Å². The molecule has 0 saturated heterocycles. The van der Waals surface area contributed by atoms with Crippen molar-refractivity contribution in [2.45, 2.75) is 52.7 Å². The molecule has 0 aromatic heterocycles. The lowest BCUT2D eigenvalue weighted by atomic mass is 10.1. The van der Waals surface area contributed by atoms with Crippen LogP contribution >= 0.6 is 0 Å². The van der Waals surface area contributed by atoms with Crippen LogP contribution < -0.4 is 0 Å². The number of ether oxygens (including phenoxy) is 1. The van der Waals surface area contributed by atoms with Crippen LogP contribution in [-0.4, -0.2) is 18.0 Å². The zero-order valence-corrected chi connectivity index (χ0v) is 11.3. The Hall–Kier alpha value is -1.31. The molecule has 0 heterocycles. The lowest BCUT2D eigenvalue weighted by Crippen LogP contribution is -2.14. The van der Waals surface area contributed by atoms with Gasteiger partial charge in [0.15, 0.2) is 5.90 Å². The Morgan fingerprint density at radius 3 is 2.29 bits per heavy atom. The maximum atomic E-state index is 5.73. The van der Waals surface area contributed by atoms with Gasteiger partial charge in [-0.3, -0.25) is 4.99 Å². The van der Waals surface area contributed by atoms with Gasteiger partial charge in [0.25, 0.3) is 0 Å². The van der Waals surface area contributed by atoms with Gasteiger partial charge in [-0.2, -0.15) is 0 Å². The molecule has 1 aromatic carbocycles. The minimum atomic E-state index is 0.197. The van der Waals surface area contributed by atoms with Gasteiger partial charge in [-0.15, -0.1) is 0 Å². The summed E-state index contributed by atoms with van der Waals surface area (Å²) in [5.41, 5.74) is 1.33. The quantitative estimate of drug-likeness (QED) is 0.559. The van der Waals surface area contributed by atoms with E-state index in [2.05, 4.69) is 43.1 Å². The van der Waals surface area contributed by atoms with Gasteiger partial charge >= 0.3 is 0 Å². The van der Waals surface area contributed by atoms with E-state index in [0.29, 0.717) is 6.04 Å². The van der Waals surface area contributed by atoms with Crippen molar-refractivity contribution in [3.05, 3.63) is 35.9 Å². The van der Waals surface area contributed by atoms with Crippen molar-refractivity contribution in [3.8, 4) is 0 Å². The second-order valence-corrected chi connectivity index (χ2v) is 4.77. The van der Waals surface area contributed by atoms with Crippen LogP contribution in [0.1, 0.15) is 39.7 Å². The molecule has 0 bridgehead atoms. The summed E-state index contributed by atoms with van der Waals surface area (Å²) in [6.45, 7) is 8.23. The largest absolute Gasteiger partial charge is 0.478 e. The van der Waals surface area contributed by atoms with Gasteiger partial charge in [0, 0.05) is 12.5 Å². The van der Waals surface area contributed by atoms with Crippen molar-refractivity contribution in [2.24, 2.45) is 4.99 Å². The van der Waals surface area contributed by atoms with Crippen molar-refractivity contribution < 1.29 is 4.74 Å². The monoisotopic (exact) mass is 233 g/mol. The molecule has 0 unspecified atom stereocenters. The first-order chi connectivity index (χ1) is 8.08. The Morgan fingerprint density at radius 1 is 1.12 bits per heavy atom. The van der Waals surface area contributed by atoms with Gasteiger partial charge in [0.1, 0.15) is 0 Å². The Bertz CT molecular complexity index is 341. The van der Waals surface area contributed by atoms with Crippen LogP contribution in [0.25, 0.3) is 0 Å². The molecule has 0 saturated carbocycles. The van der Waals surface area contributed by atoms with Gasteiger partial charge in [0.2, 0.25) is 0 Å². The zero-order chi connectivity index (χ0) is 12.7. The summed E-state index contributed by atoms with van der Waals surface area (Å²) in [5.74, 6) is 0.874. The summed E-state index contributed by atoms with van der Waals surface area (Å²) in [5, 5.41) is 0. The third kappa shape index (κ3) is 6.10. The average Bonchev–Trinajstić information content (AvgIpc) is 2.26. The smallest absolute Gasteiger partial charge is 0.184 e. The second kappa shape index (κ2) is 7.10. The molecule has 0 fully saturated rings. The van der Waals surface area contributed by atoms with E-state index in [-0.39, 0.29) is 6.10 Å². The summed E-state index contributed by atoms with van der Waals surface area (Å²) in [6, 6.07) is 10.7. The van der Waals surface area contributed by atoms with E-state index in [1.807, 2.05) is 19.9 Å². The number of rotatable bonds is 5. The highest BCUT2D eigenvalue weighted by Crippen LogP contribution is 2.06. The van der Waals surface area contributed by atoms with E-state index in [9.17, 15) is 0 Å². The molecule has 94 valence electrons. The molecule has 0 aliphatic rings. The highest BCUT2D eigenvalue weighted by molar-refractivity contribution is 5.76. The Morgan fingerprint density at radius 2 is 1.76 bits per heavy atom. The zero-order valence-electron chi connectivity index (χ0n) is 11.3. The van der Waals surface area contributed by atoms with Crippen LogP contribution in [-0.2, 0) is 11.2 Å². The minimum Gasteiger partial charge on any atom is -0.478 e. The fourth-order valence-corrected chi connectivity index (χ4v) is 1.61. The van der Waals surface area contributed by atoms with Gasteiger partial charge in [-0.1, -0.05) is 30.3 Å². The molecule has 2 nitrogen and oxygen atoms in total. The van der Waals surface area contributed by atoms with Crippen molar-refractivity contribution in [1.82, 2.24) is 0 Å². The summed E-state index contributed by atoms with van der Waals surface area (Å²) >= 11 is 0. The van der Waals surface area contributed by atoms with Crippen LogP contribution in [0.15, 0.2) is 35.3 Å². The second-order valence-electron chi connectivity index (χ2n) is 4.77. The minimum absolute atomic E-state index is 0.197. The standard InChI is InChI=1S/C15H23NO/c1-12(2)16-15(17-13(3)4)11-10-14-8-6-5-7-9-14/h5-9,12-13H,10-11H2,1-4H3. The summed E-state index contributed by atoms with van der Waals surface area (Å²) < 4.78 is 5.73. The van der Waals surface area contributed by atoms with E-state index in [0.717, 1.165) is 18.7 Å². The molecule has 0 atom stereocenters. The highest BCUT2D eigenvalue weighted by atomic mass is 16.5.